The second-order valence-corrected chi connectivity index (χ2v) is 5.94. The van der Waals surface area contributed by atoms with Crippen LogP contribution in [0.4, 0.5) is 41.2 Å². The van der Waals surface area contributed by atoms with E-state index in [1.807, 2.05) is 5.92 Å². The zero-order valence-corrected chi connectivity index (χ0v) is 15.0. The molecule has 154 valence electrons. The van der Waals surface area contributed by atoms with E-state index in [9.17, 15) is 40.3 Å². The number of anilines is 1. The van der Waals surface area contributed by atoms with Crippen molar-refractivity contribution in [2.75, 3.05) is 11.9 Å². The molecule has 1 unspecified atom stereocenters. The number of benzene rings is 1. The van der Waals surface area contributed by atoms with E-state index in [1.54, 1.807) is 0 Å². The minimum absolute atomic E-state index is 0.0151. The van der Waals surface area contributed by atoms with Crippen LogP contribution in [0.3, 0.4) is 0 Å². The largest absolute Gasteiger partial charge is 0.460 e. The normalized spacial score (nSPS) is 13.5. The number of hydrogen-bond acceptors (Lipinski definition) is 2. The van der Waals surface area contributed by atoms with Gasteiger partial charge in [0.2, 0.25) is 0 Å². The molecule has 0 aliphatic rings. The number of terminal acetylenes is 1. The Labute approximate surface area is 159 Å². The summed E-state index contributed by atoms with van der Waals surface area (Å²) in [5.41, 5.74) is -0.715. The molecular weight excluding hydrogens is 421 g/mol. The molecule has 0 heterocycles. The van der Waals surface area contributed by atoms with Crippen LogP contribution in [0.25, 0.3) is 0 Å². The van der Waals surface area contributed by atoms with Gasteiger partial charge in [-0.1, -0.05) is 17.5 Å². The fraction of sp³-hybridized carbons (Fsp3) is 0.375. The first-order valence-corrected chi connectivity index (χ1v) is 7.62. The SMILES string of the molecule is C#CC(C)N(C)C(=O)N(C(=O)C(F)(F)C(F)(F)C(F)(F)F)c1ccc(Cl)cc1. The maximum atomic E-state index is 13.9. The van der Waals surface area contributed by atoms with Gasteiger partial charge in [-0.3, -0.25) is 4.79 Å². The van der Waals surface area contributed by atoms with Crippen molar-refractivity contribution < 1.29 is 40.3 Å². The number of halogens is 8. The molecule has 1 aromatic carbocycles. The Kier molecular flexibility index (Phi) is 6.62. The monoisotopic (exact) mass is 432 g/mol. The first kappa shape index (κ1) is 23.6. The summed E-state index contributed by atoms with van der Waals surface area (Å²) < 4.78 is 91.6. The van der Waals surface area contributed by atoms with Gasteiger partial charge in [0, 0.05) is 12.1 Å². The average molecular weight is 433 g/mol. The second kappa shape index (κ2) is 7.87. The number of hydrogen-bond donors (Lipinski definition) is 0. The number of nitrogens with zero attached hydrogens (tertiary/aromatic N) is 2. The van der Waals surface area contributed by atoms with Crippen LogP contribution in [0, 0.1) is 12.3 Å². The minimum Gasteiger partial charge on any atom is -0.313 e. The van der Waals surface area contributed by atoms with Crippen molar-refractivity contribution in [2.45, 2.75) is 31.0 Å². The number of rotatable bonds is 4. The maximum Gasteiger partial charge on any atom is 0.460 e. The van der Waals surface area contributed by atoms with Crippen molar-refractivity contribution in [3.8, 4) is 12.3 Å². The number of imide groups is 1. The third-order valence-corrected chi connectivity index (χ3v) is 3.87. The zero-order valence-electron chi connectivity index (χ0n) is 14.2. The highest BCUT2D eigenvalue weighted by molar-refractivity contribution is 6.30. The molecule has 1 aromatic rings. The van der Waals surface area contributed by atoms with Gasteiger partial charge in [-0.2, -0.15) is 30.7 Å². The Bertz CT molecular complexity index is 788. The van der Waals surface area contributed by atoms with Crippen LogP contribution in [-0.2, 0) is 4.79 Å². The van der Waals surface area contributed by atoms with Crippen molar-refractivity contribution in [1.82, 2.24) is 4.90 Å². The molecule has 1 rings (SSSR count). The van der Waals surface area contributed by atoms with Gasteiger partial charge in [0.1, 0.15) is 0 Å². The van der Waals surface area contributed by atoms with Gasteiger partial charge >= 0.3 is 30.0 Å². The lowest BCUT2D eigenvalue weighted by Crippen LogP contribution is -2.62. The molecule has 0 fully saturated rings. The van der Waals surface area contributed by atoms with Crippen molar-refractivity contribution in [1.29, 1.82) is 0 Å². The predicted octanol–water partition coefficient (Wildman–Crippen LogP) is 4.58. The molecular formula is C16H12ClF7N2O2. The second-order valence-electron chi connectivity index (χ2n) is 5.50. The number of amides is 3. The maximum absolute atomic E-state index is 13.9. The van der Waals surface area contributed by atoms with Crippen LogP contribution >= 0.6 is 11.6 Å². The van der Waals surface area contributed by atoms with Gasteiger partial charge in [-0.25, -0.2) is 9.69 Å². The summed E-state index contributed by atoms with van der Waals surface area (Å²) in [6.07, 6.45) is -1.68. The lowest BCUT2D eigenvalue weighted by molar-refractivity contribution is -0.343. The molecule has 12 heteroatoms. The lowest BCUT2D eigenvalue weighted by Gasteiger charge is -2.33. The van der Waals surface area contributed by atoms with Crippen LogP contribution in [-0.4, -0.2) is 47.9 Å². The van der Waals surface area contributed by atoms with E-state index in [0.29, 0.717) is 4.90 Å². The molecule has 0 aliphatic carbocycles. The Morgan fingerprint density at radius 2 is 1.54 bits per heavy atom. The van der Waals surface area contributed by atoms with Crippen LogP contribution < -0.4 is 4.90 Å². The quantitative estimate of drug-likeness (QED) is 0.516. The third-order valence-electron chi connectivity index (χ3n) is 3.62. The number of urea groups is 1. The van der Waals surface area contributed by atoms with Crippen molar-refractivity contribution in [2.24, 2.45) is 0 Å². The molecule has 0 N–H and O–H groups in total. The summed E-state index contributed by atoms with van der Waals surface area (Å²) in [6, 6.07) is 0.898. The number of alkyl halides is 7. The first-order valence-electron chi connectivity index (χ1n) is 7.25. The predicted molar refractivity (Wildman–Crippen MR) is 86.3 cm³/mol. The Hall–Kier alpha value is -2.48. The summed E-state index contributed by atoms with van der Waals surface area (Å²) in [5.74, 6) is -14.1. The van der Waals surface area contributed by atoms with E-state index in [1.165, 1.54) is 6.92 Å². The van der Waals surface area contributed by atoms with Gasteiger partial charge in [0.25, 0.3) is 0 Å². The van der Waals surface area contributed by atoms with Crippen molar-refractivity contribution >= 4 is 29.2 Å². The van der Waals surface area contributed by atoms with Gasteiger partial charge in [0.15, 0.2) is 0 Å². The number of carbonyl (C=O) groups excluding carboxylic acids is 2. The van der Waals surface area contributed by atoms with Crippen molar-refractivity contribution in [3.05, 3.63) is 29.3 Å². The van der Waals surface area contributed by atoms with Crippen LogP contribution in [0.1, 0.15) is 6.92 Å². The third kappa shape index (κ3) is 4.16. The highest BCUT2D eigenvalue weighted by Gasteiger charge is 2.77. The van der Waals surface area contributed by atoms with Crippen molar-refractivity contribution in [3.63, 3.8) is 0 Å². The fourth-order valence-corrected chi connectivity index (χ4v) is 1.92. The lowest BCUT2D eigenvalue weighted by atomic mass is 10.1. The molecule has 0 saturated carbocycles. The average Bonchev–Trinajstić information content (AvgIpc) is 2.60. The van der Waals surface area contributed by atoms with E-state index in [-0.39, 0.29) is 5.02 Å². The topological polar surface area (TPSA) is 40.6 Å². The molecule has 3 amide bonds. The summed E-state index contributed by atoms with van der Waals surface area (Å²) in [7, 11) is 0.948. The highest BCUT2D eigenvalue weighted by atomic mass is 35.5. The molecule has 4 nitrogen and oxygen atoms in total. The van der Waals surface area contributed by atoms with E-state index in [0.717, 1.165) is 31.3 Å². The molecule has 0 bridgehead atoms. The van der Waals surface area contributed by atoms with Gasteiger partial charge < -0.3 is 4.90 Å². The molecule has 0 aliphatic heterocycles. The molecule has 0 spiro atoms. The number of carbonyl (C=O) groups is 2. The van der Waals surface area contributed by atoms with Crippen LogP contribution in [0.2, 0.25) is 5.02 Å². The van der Waals surface area contributed by atoms with Gasteiger partial charge in [0.05, 0.1) is 11.7 Å². The standard InChI is InChI=1S/C16H12ClF7N2O2/c1-4-9(2)25(3)13(28)26(11-7-5-10(17)6-8-11)12(27)14(18,19)15(20,21)16(22,23)24/h1,5-9H,2-3H3. The van der Waals surface area contributed by atoms with E-state index < -0.39 is 46.6 Å². The molecule has 0 saturated heterocycles. The fourth-order valence-electron chi connectivity index (χ4n) is 1.79. The first-order chi connectivity index (χ1) is 12.6. The summed E-state index contributed by atoms with van der Waals surface area (Å²) in [5, 5.41) is 0.0151. The minimum atomic E-state index is -6.75. The van der Waals surface area contributed by atoms with E-state index >= 15 is 0 Å². The van der Waals surface area contributed by atoms with E-state index in [2.05, 4.69) is 0 Å². The van der Waals surface area contributed by atoms with Gasteiger partial charge in [-0.05, 0) is 31.2 Å². The Morgan fingerprint density at radius 1 is 1.07 bits per heavy atom. The molecule has 28 heavy (non-hydrogen) atoms. The Morgan fingerprint density at radius 3 is 1.93 bits per heavy atom. The molecule has 1 atom stereocenters. The summed E-state index contributed by atoms with van der Waals surface area (Å²) in [6.45, 7) is 1.23. The highest BCUT2D eigenvalue weighted by Crippen LogP contribution is 2.47. The zero-order chi connectivity index (χ0) is 22.1. The smallest absolute Gasteiger partial charge is 0.313 e. The molecule has 0 radical (unpaired) electrons. The van der Waals surface area contributed by atoms with E-state index in [4.69, 9.17) is 18.0 Å². The summed E-state index contributed by atoms with van der Waals surface area (Å²) in [4.78, 5) is 24.5. The van der Waals surface area contributed by atoms with Crippen LogP contribution in [0.15, 0.2) is 24.3 Å². The Balaban J connectivity index is 3.55. The van der Waals surface area contributed by atoms with Crippen LogP contribution in [0.5, 0.6) is 0 Å². The molecule has 0 aromatic heterocycles. The van der Waals surface area contributed by atoms with Gasteiger partial charge in [-0.15, -0.1) is 6.42 Å². The summed E-state index contributed by atoms with van der Waals surface area (Å²) >= 11 is 5.59.